The van der Waals surface area contributed by atoms with Crippen LogP contribution in [0.2, 0.25) is 0 Å². The summed E-state index contributed by atoms with van der Waals surface area (Å²) in [6.07, 6.45) is 1.05. The Morgan fingerprint density at radius 2 is 1.71 bits per heavy atom. The molecule has 1 aromatic rings. The van der Waals surface area contributed by atoms with Crippen molar-refractivity contribution in [3.05, 3.63) is 23.8 Å². The highest BCUT2D eigenvalue weighted by atomic mass is 16.5. The first-order valence-electron chi connectivity index (χ1n) is 5.85. The van der Waals surface area contributed by atoms with Crippen LogP contribution in [-0.4, -0.2) is 14.2 Å². The van der Waals surface area contributed by atoms with Gasteiger partial charge in [-0.1, -0.05) is 20.3 Å². The van der Waals surface area contributed by atoms with E-state index in [1.165, 1.54) is 0 Å². The number of nitrogens with two attached hydrogens (primary N) is 1. The molecular weight excluding hydrogens is 216 g/mol. The fraction of sp³-hybridized carbons (Fsp3) is 0.538. The van der Waals surface area contributed by atoms with Gasteiger partial charge in [0.2, 0.25) is 0 Å². The largest absolute Gasteiger partial charge is 0.497 e. The van der Waals surface area contributed by atoms with Crippen LogP contribution in [0, 0.1) is 5.92 Å². The van der Waals surface area contributed by atoms with Crippen LogP contribution in [0.15, 0.2) is 18.2 Å². The van der Waals surface area contributed by atoms with E-state index in [2.05, 4.69) is 19.3 Å². The number of rotatable bonds is 6. The summed E-state index contributed by atoms with van der Waals surface area (Å²) < 4.78 is 10.5. The minimum absolute atomic E-state index is 0.101. The van der Waals surface area contributed by atoms with Gasteiger partial charge < -0.3 is 9.47 Å². The van der Waals surface area contributed by atoms with Gasteiger partial charge >= 0.3 is 0 Å². The van der Waals surface area contributed by atoms with Gasteiger partial charge in [0.05, 0.1) is 14.2 Å². The SMILES string of the molecule is CCC(C)C(NN)c1cc(OC)cc(OC)c1. The summed E-state index contributed by atoms with van der Waals surface area (Å²) in [6, 6.07) is 5.93. The molecule has 0 spiro atoms. The average molecular weight is 238 g/mol. The lowest BCUT2D eigenvalue weighted by Crippen LogP contribution is -2.32. The summed E-state index contributed by atoms with van der Waals surface area (Å²) >= 11 is 0. The highest BCUT2D eigenvalue weighted by Crippen LogP contribution is 2.30. The van der Waals surface area contributed by atoms with Gasteiger partial charge in [-0.05, 0) is 23.6 Å². The van der Waals surface area contributed by atoms with Gasteiger partial charge in [-0.25, -0.2) is 0 Å². The first-order chi connectivity index (χ1) is 8.15. The summed E-state index contributed by atoms with van der Waals surface area (Å²) in [4.78, 5) is 0. The summed E-state index contributed by atoms with van der Waals surface area (Å²) in [5.41, 5.74) is 3.94. The first-order valence-corrected chi connectivity index (χ1v) is 5.85. The molecule has 3 N–H and O–H groups in total. The lowest BCUT2D eigenvalue weighted by molar-refractivity contribution is 0.369. The Bertz CT molecular complexity index is 333. The maximum absolute atomic E-state index is 5.63. The third-order valence-electron chi connectivity index (χ3n) is 3.13. The van der Waals surface area contributed by atoms with Crippen molar-refractivity contribution in [3.63, 3.8) is 0 Å². The number of hydrazine groups is 1. The molecule has 17 heavy (non-hydrogen) atoms. The van der Waals surface area contributed by atoms with Crippen LogP contribution in [0.4, 0.5) is 0 Å². The molecule has 2 atom stereocenters. The van der Waals surface area contributed by atoms with Crippen molar-refractivity contribution in [2.45, 2.75) is 26.3 Å². The van der Waals surface area contributed by atoms with Gasteiger partial charge in [-0.15, -0.1) is 0 Å². The van der Waals surface area contributed by atoms with Crippen molar-refractivity contribution in [3.8, 4) is 11.5 Å². The Balaban J connectivity index is 3.09. The maximum Gasteiger partial charge on any atom is 0.122 e. The molecule has 0 saturated carbocycles. The number of hydrogen-bond acceptors (Lipinski definition) is 4. The lowest BCUT2D eigenvalue weighted by atomic mass is 9.93. The lowest BCUT2D eigenvalue weighted by Gasteiger charge is -2.23. The standard InChI is InChI=1S/C13H22N2O2/c1-5-9(2)13(15-14)10-6-11(16-3)8-12(7-10)17-4/h6-9,13,15H,5,14H2,1-4H3. The summed E-state index contributed by atoms with van der Waals surface area (Å²) in [6.45, 7) is 4.31. The average Bonchev–Trinajstić information content (AvgIpc) is 2.38. The van der Waals surface area contributed by atoms with Gasteiger partial charge in [0, 0.05) is 12.1 Å². The van der Waals surface area contributed by atoms with E-state index in [-0.39, 0.29) is 6.04 Å². The quantitative estimate of drug-likeness (QED) is 0.589. The zero-order chi connectivity index (χ0) is 12.8. The smallest absolute Gasteiger partial charge is 0.122 e. The van der Waals surface area contributed by atoms with Crippen LogP contribution in [0.5, 0.6) is 11.5 Å². The highest BCUT2D eigenvalue weighted by Gasteiger charge is 2.18. The van der Waals surface area contributed by atoms with E-state index in [9.17, 15) is 0 Å². The third kappa shape index (κ3) is 3.35. The Morgan fingerprint density at radius 1 is 1.18 bits per heavy atom. The summed E-state index contributed by atoms with van der Waals surface area (Å²) in [5, 5.41) is 0. The molecule has 0 bridgehead atoms. The van der Waals surface area contributed by atoms with E-state index < -0.39 is 0 Å². The second-order valence-electron chi connectivity index (χ2n) is 4.18. The molecule has 4 heteroatoms. The zero-order valence-corrected chi connectivity index (χ0v) is 11.0. The number of nitrogens with one attached hydrogen (secondary N) is 1. The Kier molecular flexibility index (Phi) is 5.25. The molecule has 1 aromatic carbocycles. The molecule has 1 rings (SSSR count). The topological polar surface area (TPSA) is 56.5 Å². The van der Waals surface area contributed by atoms with Crippen LogP contribution in [0.1, 0.15) is 31.9 Å². The summed E-state index contributed by atoms with van der Waals surface area (Å²) in [7, 11) is 3.29. The minimum Gasteiger partial charge on any atom is -0.497 e. The molecule has 0 amide bonds. The first kappa shape index (κ1) is 13.8. The zero-order valence-electron chi connectivity index (χ0n) is 11.0. The molecule has 96 valence electrons. The van der Waals surface area contributed by atoms with Gasteiger partial charge in [0.25, 0.3) is 0 Å². The fourth-order valence-corrected chi connectivity index (χ4v) is 1.83. The highest BCUT2D eigenvalue weighted by molar-refractivity contribution is 5.40. The molecule has 0 aliphatic rings. The monoisotopic (exact) mass is 238 g/mol. The molecule has 4 nitrogen and oxygen atoms in total. The van der Waals surface area contributed by atoms with Gasteiger partial charge in [0.15, 0.2) is 0 Å². The van der Waals surface area contributed by atoms with E-state index >= 15 is 0 Å². The van der Waals surface area contributed by atoms with Gasteiger partial charge in [-0.3, -0.25) is 11.3 Å². The second kappa shape index (κ2) is 6.47. The van der Waals surface area contributed by atoms with E-state index in [0.717, 1.165) is 23.5 Å². The molecule has 0 fully saturated rings. The van der Waals surface area contributed by atoms with Crippen molar-refractivity contribution in [2.75, 3.05) is 14.2 Å². The molecule has 0 saturated heterocycles. The molecular formula is C13H22N2O2. The van der Waals surface area contributed by atoms with E-state index in [1.807, 2.05) is 18.2 Å². The van der Waals surface area contributed by atoms with Gasteiger partial charge in [0.1, 0.15) is 11.5 Å². The van der Waals surface area contributed by atoms with E-state index in [1.54, 1.807) is 14.2 Å². The molecule has 2 unspecified atom stereocenters. The van der Waals surface area contributed by atoms with E-state index in [0.29, 0.717) is 5.92 Å². The maximum atomic E-state index is 5.63. The van der Waals surface area contributed by atoms with Crippen LogP contribution >= 0.6 is 0 Å². The molecule has 0 radical (unpaired) electrons. The number of hydrogen-bond donors (Lipinski definition) is 2. The Hall–Kier alpha value is -1.26. The normalized spacial score (nSPS) is 14.2. The summed E-state index contributed by atoms with van der Waals surface area (Å²) in [5.74, 6) is 7.64. The van der Waals surface area contributed by atoms with Crippen LogP contribution in [-0.2, 0) is 0 Å². The van der Waals surface area contributed by atoms with Crippen molar-refractivity contribution >= 4 is 0 Å². The molecule has 0 aliphatic carbocycles. The van der Waals surface area contributed by atoms with E-state index in [4.69, 9.17) is 15.3 Å². The van der Waals surface area contributed by atoms with Crippen molar-refractivity contribution < 1.29 is 9.47 Å². The predicted molar refractivity (Wildman–Crippen MR) is 69.1 cm³/mol. The van der Waals surface area contributed by atoms with Crippen molar-refractivity contribution in [1.82, 2.24) is 5.43 Å². The number of methoxy groups -OCH3 is 2. The fourth-order valence-electron chi connectivity index (χ4n) is 1.83. The third-order valence-corrected chi connectivity index (χ3v) is 3.13. The number of benzene rings is 1. The Morgan fingerprint density at radius 3 is 2.06 bits per heavy atom. The predicted octanol–water partition coefficient (Wildman–Crippen LogP) is 2.25. The molecule has 0 aliphatic heterocycles. The second-order valence-corrected chi connectivity index (χ2v) is 4.18. The van der Waals surface area contributed by atoms with Crippen LogP contribution in [0.3, 0.4) is 0 Å². The van der Waals surface area contributed by atoms with Crippen LogP contribution < -0.4 is 20.7 Å². The van der Waals surface area contributed by atoms with Crippen molar-refractivity contribution in [1.29, 1.82) is 0 Å². The van der Waals surface area contributed by atoms with Crippen LogP contribution in [0.25, 0.3) is 0 Å². The van der Waals surface area contributed by atoms with Gasteiger partial charge in [-0.2, -0.15) is 0 Å². The van der Waals surface area contributed by atoms with Crippen molar-refractivity contribution in [2.24, 2.45) is 11.8 Å². The minimum atomic E-state index is 0.101. The Labute approximate surface area is 103 Å². The number of ether oxygens (including phenoxy) is 2. The molecule has 0 aromatic heterocycles. The molecule has 0 heterocycles.